The van der Waals surface area contributed by atoms with Crippen LogP contribution in [0.4, 0.5) is 5.13 Å². The van der Waals surface area contributed by atoms with Crippen molar-refractivity contribution in [3.05, 3.63) is 41.4 Å². The van der Waals surface area contributed by atoms with Crippen LogP contribution >= 0.6 is 11.3 Å². The van der Waals surface area contributed by atoms with Gasteiger partial charge in [-0.2, -0.15) is 0 Å². The number of carbonyl (C=O) groups is 3. The number of thiazole rings is 1. The third-order valence-corrected chi connectivity index (χ3v) is 3.72. The molecule has 0 radical (unpaired) electrons. The minimum absolute atomic E-state index is 0.0381. The number of nitrogens with one attached hydrogen (secondary N) is 2. The molecule has 0 unspecified atom stereocenters. The zero-order valence-corrected chi connectivity index (χ0v) is 14.3. The Bertz CT molecular complexity index is 732. The highest BCUT2D eigenvalue weighted by Crippen LogP contribution is 2.15. The van der Waals surface area contributed by atoms with Crippen LogP contribution in [0.3, 0.4) is 0 Å². The van der Waals surface area contributed by atoms with Gasteiger partial charge in [0, 0.05) is 5.38 Å². The molecule has 132 valence electrons. The predicted octanol–water partition coefficient (Wildman–Crippen LogP) is 0.992. The van der Waals surface area contributed by atoms with Crippen LogP contribution in [-0.4, -0.2) is 43.0 Å². The van der Waals surface area contributed by atoms with Gasteiger partial charge in [-0.1, -0.05) is 18.2 Å². The van der Waals surface area contributed by atoms with Gasteiger partial charge < -0.3 is 20.1 Å². The minimum atomic E-state index is -0.424. The van der Waals surface area contributed by atoms with Gasteiger partial charge in [-0.25, -0.2) is 4.98 Å². The number of benzene rings is 1. The lowest BCUT2D eigenvalue weighted by molar-refractivity contribution is -0.139. The summed E-state index contributed by atoms with van der Waals surface area (Å²) in [7, 11) is 1.29. The Morgan fingerprint density at radius 3 is 2.64 bits per heavy atom. The van der Waals surface area contributed by atoms with Crippen molar-refractivity contribution in [2.24, 2.45) is 0 Å². The van der Waals surface area contributed by atoms with Crippen molar-refractivity contribution in [2.45, 2.75) is 6.42 Å². The van der Waals surface area contributed by atoms with Gasteiger partial charge in [0.25, 0.3) is 5.91 Å². The summed E-state index contributed by atoms with van der Waals surface area (Å²) in [5, 5.41) is 6.99. The molecule has 1 heterocycles. The lowest BCUT2D eigenvalue weighted by atomic mass is 10.3. The van der Waals surface area contributed by atoms with Crippen LogP contribution < -0.4 is 15.4 Å². The summed E-state index contributed by atoms with van der Waals surface area (Å²) >= 11 is 1.18. The van der Waals surface area contributed by atoms with Crippen molar-refractivity contribution in [3.63, 3.8) is 0 Å². The largest absolute Gasteiger partial charge is 0.484 e. The van der Waals surface area contributed by atoms with E-state index in [0.29, 0.717) is 16.6 Å². The first-order valence-electron chi connectivity index (χ1n) is 7.32. The first-order chi connectivity index (χ1) is 12.1. The zero-order valence-electron chi connectivity index (χ0n) is 13.5. The zero-order chi connectivity index (χ0) is 18.1. The van der Waals surface area contributed by atoms with E-state index in [-0.39, 0.29) is 19.6 Å². The number of rotatable bonds is 8. The number of ether oxygens (including phenoxy) is 2. The summed E-state index contributed by atoms with van der Waals surface area (Å²) in [5.41, 5.74) is 0.507. The normalized spacial score (nSPS) is 9.96. The van der Waals surface area contributed by atoms with Gasteiger partial charge in [0.15, 0.2) is 11.7 Å². The molecule has 0 saturated carbocycles. The Morgan fingerprint density at radius 1 is 1.16 bits per heavy atom. The molecule has 0 aliphatic heterocycles. The number of hydrogen-bond acceptors (Lipinski definition) is 7. The third kappa shape index (κ3) is 6.60. The fourth-order valence-electron chi connectivity index (χ4n) is 1.72. The van der Waals surface area contributed by atoms with Crippen LogP contribution in [0.1, 0.15) is 5.69 Å². The van der Waals surface area contributed by atoms with E-state index in [4.69, 9.17) is 4.74 Å². The number of amides is 2. The molecule has 0 bridgehead atoms. The molecule has 1 aromatic carbocycles. The highest BCUT2D eigenvalue weighted by molar-refractivity contribution is 7.13. The molecule has 8 nitrogen and oxygen atoms in total. The summed E-state index contributed by atoms with van der Waals surface area (Å²) in [6.45, 7) is -0.388. The number of nitrogens with zero attached hydrogens (tertiary/aromatic N) is 1. The van der Waals surface area contributed by atoms with Crippen LogP contribution in [0.5, 0.6) is 5.75 Å². The van der Waals surface area contributed by atoms with E-state index >= 15 is 0 Å². The minimum Gasteiger partial charge on any atom is -0.484 e. The number of para-hydroxylation sites is 1. The molecular formula is C16H17N3O5S. The van der Waals surface area contributed by atoms with Crippen molar-refractivity contribution < 1.29 is 23.9 Å². The summed E-state index contributed by atoms with van der Waals surface area (Å²) < 4.78 is 9.81. The molecule has 0 saturated heterocycles. The molecule has 0 aliphatic rings. The van der Waals surface area contributed by atoms with Gasteiger partial charge in [0.1, 0.15) is 5.75 Å². The maximum Gasteiger partial charge on any atom is 0.311 e. The lowest BCUT2D eigenvalue weighted by Crippen LogP contribution is -2.35. The van der Waals surface area contributed by atoms with Crippen LogP contribution in [0.25, 0.3) is 0 Å². The predicted molar refractivity (Wildman–Crippen MR) is 91.4 cm³/mol. The van der Waals surface area contributed by atoms with Crippen LogP contribution in [0, 0.1) is 0 Å². The number of carbonyl (C=O) groups excluding carboxylic acids is 3. The van der Waals surface area contributed by atoms with E-state index in [2.05, 4.69) is 20.4 Å². The molecule has 2 amide bonds. The van der Waals surface area contributed by atoms with Crippen LogP contribution in [-0.2, 0) is 25.5 Å². The molecule has 0 fully saturated rings. The van der Waals surface area contributed by atoms with E-state index in [0.717, 1.165) is 0 Å². The van der Waals surface area contributed by atoms with Gasteiger partial charge in [0.05, 0.1) is 25.8 Å². The summed E-state index contributed by atoms with van der Waals surface area (Å²) in [5.74, 6) is -0.673. The molecule has 9 heteroatoms. The van der Waals surface area contributed by atoms with Crippen molar-refractivity contribution in [3.8, 4) is 5.75 Å². The second-order valence-electron chi connectivity index (χ2n) is 4.82. The Morgan fingerprint density at radius 2 is 1.92 bits per heavy atom. The van der Waals surface area contributed by atoms with E-state index < -0.39 is 17.8 Å². The summed E-state index contributed by atoms with van der Waals surface area (Å²) in [6, 6.07) is 8.89. The van der Waals surface area contributed by atoms with Gasteiger partial charge >= 0.3 is 5.97 Å². The second-order valence-corrected chi connectivity index (χ2v) is 5.68. The van der Waals surface area contributed by atoms with Crippen LogP contribution in [0.15, 0.2) is 35.7 Å². The Labute approximate surface area is 148 Å². The summed E-state index contributed by atoms with van der Waals surface area (Å²) in [6.07, 6.45) is 0.0381. The van der Waals surface area contributed by atoms with Gasteiger partial charge in [-0.05, 0) is 12.1 Å². The standard InChI is InChI=1S/C16H17N3O5S/c1-23-15(22)7-11-10-25-16(18-11)19-13(20)8-17-14(21)9-24-12-5-3-2-4-6-12/h2-6,10H,7-9H2,1H3,(H,17,21)(H,18,19,20). The molecule has 0 aliphatic carbocycles. The average Bonchev–Trinajstić information content (AvgIpc) is 3.05. The number of hydrogen-bond donors (Lipinski definition) is 2. The van der Waals surface area contributed by atoms with E-state index in [1.807, 2.05) is 6.07 Å². The van der Waals surface area contributed by atoms with Crippen LogP contribution in [0.2, 0.25) is 0 Å². The van der Waals surface area contributed by atoms with Gasteiger partial charge in [-0.15, -0.1) is 11.3 Å². The smallest absolute Gasteiger partial charge is 0.311 e. The number of esters is 1. The molecule has 0 atom stereocenters. The van der Waals surface area contributed by atoms with E-state index in [1.54, 1.807) is 29.6 Å². The van der Waals surface area contributed by atoms with Crippen molar-refractivity contribution >= 4 is 34.3 Å². The molecule has 2 rings (SSSR count). The maximum atomic E-state index is 11.8. The quantitative estimate of drug-likeness (QED) is 0.678. The highest BCUT2D eigenvalue weighted by atomic mass is 32.1. The van der Waals surface area contributed by atoms with E-state index in [9.17, 15) is 14.4 Å². The first-order valence-corrected chi connectivity index (χ1v) is 8.20. The van der Waals surface area contributed by atoms with E-state index in [1.165, 1.54) is 18.4 Å². The molecule has 2 aromatic rings. The SMILES string of the molecule is COC(=O)Cc1csc(NC(=O)CNC(=O)COc2ccccc2)n1. The topological polar surface area (TPSA) is 107 Å². The highest BCUT2D eigenvalue weighted by Gasteiger charge is 2.11. The fourth-order valence-corrected chi connectivity index (χ4v) is 2.45. The maximum absolute atomic E-state index is 11.8. The number of aromatic nitrogens is 1. The van der Waals surface area contributed by atoms with Crippen molar-refractivity contribution in [1.82, 2.24) is 10.3 Å². The van der Waals surface area contributed by atoms with Crippen molar-refractivity contribution in [2.75, 3.05) is 25.6 Å². The second kappa shape index (κ2) is 9.38. The van der Waals surface area contributed by atoms with Crippen molar-refractivity contribution in [1.29, 1.82) is 0 Å². The fraction of sp³-hybridized carbons (Fsp3) is 0.250. The number of anilines is 1. The summed E-state index contributed by atoms with van der Waals surface area (Å²) in [4.78, 5) is 38.7. The van der Waals surface area contributed by atoms with Gasteiger partial charge in [-0.3, -0.25) is 14.4 Å². The molecule has 2 N–H and O–H groups in total. The molecule has 25 heavy (non-hydrogen) atoms. The molecule has 1 aromatic heterocycles. The Hall–Kier alpha value is -2.94. The monoisotopic (exact) mass is 363 g/mol. The Kier molecular flexibility index (Phi) is 6.90. The molecule has 0 spiro atoms. The first kappa shape index (κ1) is 18.4. The number of methoxy groups -OCH3 is 1. The lowest BCUT2D eigenvalue weighted by Gasteiger charge is -2.07. The molecular weight excluding hydrogens is 346 g/mol. The Balaban J connectivity index is 1.69. The average molecular weight is 363 g/mol. The van der Waals surface area contributed by atoms with Gasteiger partial charge in [0.2, 0.25) is 5.91 Å². The third-order valence-electron chi connectivity index (χ3n) is 2.91.